The number of nitrogens with one attached hydrogen (secondary N) is 1. The molecule has 25 heavy (non-hydrogen) atoms. The van der Waals surface area contributed by atoms with Crippen molar-refractivity contribution in [1.82, 2.24) is 14.8 Å². The fourth-order valence-corrected chi connectivity index (χ4v) is 3.06. The normalized spacial score (nSPS) is 15.2. The van der Waals surface area contributed by atoms with Crippen LogP contribution in [0.5, 0.6) is 0 Å². The van der Waals surface area contributed by atoms with E-state index in [1.54, 1.807) is 25.4 Å². The zero-order valence-electron chi connectivity index (χ0n) is 14.5. The van der Waals surface area contributed by atoms with Crippen LogP contribution in [0.25, 0.3) is 0 Å². The van der Waals surface area contributed by atoms with Gasteiger partial charge in [0.25, 0.3) is 11.5 Å². The van der Waals surface area contributed by atoms with E-state index in [9.17, 15) is 9.59 Å². The minimum Gasteiger partial charge on any atom is -0.369 e. The van der Waals surface area contributed by atoms with Gasteiger partial charge in [-0.05, 0) is 24.3 Å². The van der Waals surface area contributed by atoms with Crippen molar-refractivity contribution in [3.8, 4) is 0 Å². The molecule has 1 amide bonds. The predicted molar refractivity (Wildman–Crippen MR) is 99.1 cm³/mol. The molecule has 0 bridgehead atoms. The van der Waals surface area contributed by atoms with E-state index >= 15 is 0 Å². The van der Waals surface area contributed by atoms with E-state index < -0.39 is 0 Å². The molecule has 2 aromatic rings. The van der Waals surface area contributed by atoms with Crippen molar-refractivity contribution in [3.63, 3.8) is 0 Å². The molecule has 1 saturated heterocycles. The average molecular weight is 340 g/mol. The van der Waals surface area contributed by atoms with Crippen molar-refractivity contribution in [2.45, 2.75) is 0 Å². The van der Waals surface area contributed by atoms with Crippen molar-refractivity contribution in [2.75, 3.05) is 44.2 Å². The first kappa shape index (κ1) is 17.2. The van der Waals surface area contributed by atoms with Gasteiger partial charge in [-0.25, -0.2) is 0 Å². The summed E-state index contributed by atoms with van der Waals surface area (Å²) in [7, 11) is 1.64. The molecule has 0 saturated carbocycles. The van der Waals surface area contributed by atoms with E-state index in [1.165, 1.54) is 10.3 Å². The molecule has 0 radical (unpaired) electrons. The number of carbonyl (C=O) groups is 1. The third-order valence-corrected chi connectivity index (χ3v) is 4.58. The lowest BCUT2D eigenvalue weighted by atomic mass is 10.2. The summed E-state index contributed by atoms with van der Waals surface area (Å²) in [4.78, 5) is 28.8. The van der Waals surface area contributed by atoms with Crippen LogP contribution in [0.15, 0.2) is 53.5 Å². The number of benzene rings is 1. The molecule has 1 fully saturated rings. The highest BCUT2D eigenvalue weighted by molar-refractivity contribution is 5.93. The lowest BCUT2D eigenvalue weighted by Crippen LogP contribution is -2.48. The van der Waals surface area contributed by atoms with Gasteiger partial charge in [0.2, 0.25) is 0 Å². The Kier molecular flexibility index (Phi) is 5.50. The summed E-state index contributed by atoms with van der Waals surface area (Å²) in [6.45, 7) is 5.24. The lowest BCUT2D eigenvalue weighted by Gasteiger charge is -2.36. The number of para-hydroxylation sites is 1. The fraction of sp³-hybridized carbons (Fsp3) is 0.368. The third kappa shape index (κ3) is 4.28. The first-order valence-electron chi connectivity index (χ1n) is 8.61. The molecular formula is C19H24N4O2. The molecule has 6 heteroatoms. The SMILES string of the molecule is Cn1cccc(C(=O)NCCN2CCN(c3ccccc3)CC2)c1=O. The van der Waals surface area contributed by atoms with Crippen molar-refractivity contribution >= 4 is 11.6 Å². The summed E-state index contributed by atoms with van der Waals surface area (Å²) in [6, 6.07) is 13.7. The van der Waals surface area contributed by atoms with E-state index in [-0.39, 0.29) is 17.0 Å². The number of carbonyl (C=O) groups excluding carboxylic acids is 1. The molecule has 132 valence electrons. The van der Waals surface area contributed by atoms with Crippen LogP contribution in [-0.4, -0.2) is 54.6 Å². The number of nitrogens with zero attached hydrogens (tertiary/aromatic N) is 3. The molecule has 1 aromatic carbocycles. The van der Waals surface area contributed by atoms with Crippen LogP contribution < -0.4 is 15.8 Å². The number of pyridine rings is 1. The Morgan fingerprint density at radius 3 is 2.48 bits per heavy atom. The van der Waals surface area contributed by atoms with Gasteiger partial charge >= 0.3 is 0 Å². The minimum absolute atomic E-state index is 0.193. The van der Waals surface area contributed by atoms with Crippen LogP contribution in [0.2, 0.25) is 0 Å². The maximum Gasteiger partial charge on any atom is 0.263 e. The first-order chi connectivity index (χ1) is 12.1. The summed E-state index contributed by atoms with van der Waals surface area (Å²) < 4.78 is 1.41. The van der Waals surface area contributed by atoms with Crippen LogP contribution in [0, 0.1) is 0 Å². The highest BCUT2D eigenvalue weighted by Crippen LogP contribution is 2.15. The largest absolute Gasteiger partial charge is 0.369 e. The highest BCUT2D eigenvalue weighted by atomic mass is 16.2. The Morgan fingerprint density at radius 1 is 1.04 bits per heavy atom. The molecule has 1 aliphatic rings. The maximum absolute atomic E-state index is 12.1. The summed E-state index contributed by atoms with van der Waals surface area (Å²) in [5.74, 6) is -0.302. The molecule has 2 heterocycles. The fourth-order valence-electron chi connectivity index (χ4n) is 3.06. The van der Waals surface area contributed by atoms with Gasteiger partial charge in [-0.1, -0.05) is 18.2 Å². The maximum atomic E-state index is 12.1. The standard InChI is InChI=1S/C19H24N4O2/c1-21-10-5-8-17(19(21)25)18(24)20-9-11-22-12-14-23(15-13-22)16-6-3-2-4-7-16/h2-8,10H,9,11-15H2,1H3,(H,20,24). The van der Waals surface area contributed by atoms with Crippen molar-refractivity contribution in [1.29, 1.82) is 0 Å². The first-order valence-corrected chi connectivity index (χ1v) is 8.61. The van der Waals surface area contributed by atoms with Gasteiger partial charge in [0.1, 0.15) is 5.56 Å². The zero-order valence-corrected chi connectivity index (χ0v) is 14.5. The van der Waals surface area contributed by atoms with Crippen molar-refractivity contribution in [2.24, 2.45) is 7.05 Å². The number of anilines is 1. The number of aromatic nitrogens is 1. The Morgan fingerprint density at radius 2 is 1.76 bits per heavy atom. The third-order valence-electron chi connectivity index (χ3n) is 4.58. The van der Waals surface area contributed by atoms with E-state index in [0.29, 0.717) is 6.54 Å². The Bertz CT molecular complexity index is 764. The monoisotopic (exact) mass is 340 g/mol. The highest BCUT2D eigenvalue weighted by Gasteiger charge is 2.17. The molecule has 0 aliphatic carbocycles. The van der Waals surface area contributed by atoms with Crippen LogP contribution in [0.4, 0.5) is 5.69 Å². The topological polar surface area (TPSA) is 57.6 Å². The number of piperazine rings is 1. The van der Waals surface area contributed by atoms with Crippen LogP contribution >= 0.6 is 0 Å². The van der Waals surface area contributed by atoms with Crippen LogP contribution in [0.3, 0.4) is 0 Å². The van der Waals surface area contributed by atoms with Crippen molar-refractivity contribution < 1.29 is 4.79 Å². The van der Waals surface area contributed by atoms with E-state index in [4.69, 9.17) is 0 Å². The van der Waals surface area contributed by atoms with Gasteiger partial charge in [-0.2, -0.15) is 0 Å². The van der Waals surface area contributed by atoms with Gasteiger partial charge in [0.05, 0.1) is 0 Å². The number of rotatable bonds is 5. The Labute approximate surface area is 147 Å². The van der Waals surface area contributed by atoms with E-state index in [2.05, 4.69) is 39.4 Å². The van der Waals surface area contributed by atoms with E-state index in [0.717, 1.165) is 32.7 Å². The number of amides is 1. The summed E-state index contributed by atoms with van der Waals surface area (Å²) in [6.07, 6.45) is 1.64. The van der Waals surface area contributed by atoms with Gasteiger partial charge in [0.15, 0.2) is 0 Å². The molecule has 0 unspecified atom stereocenters. The number of hydrogen-bond donors (Lipinski definition) is 1. The minimum atomic E-state index is -0.302. The Balaban J connectivity index is 1.44. The van der Waals surface area contributed by atoms with Gasteiger partial charge in [-0.3, -0.25) is 14.5 Å². The smallest absolute Gasteiger partial charge is 0.263 e. The second-order valence-corrected chi connectivity index (χ2v) is 6.26. The van der Waals surface area contributed by atoms with Crippen molar-refractivity contribution in [3.05, 3.63) is 64.6 Å². The molecule has 6 nitrogen and oxygen atoms in total. The molecule has 3 rings (SSSR count). The average Bonchev–Trinajstić information content (AvgIpc) is 2.65. The number of aryl methyl sites for hydroxylation is 1. The molecular weight excluding hydrogens is 316 g/mol. The second-order valence-electron chi connectivity index (χ2n) is 6.26. The molecule has 1 aliphatic heterocycles. The van der Waals surface area contributed by atoms with Gasteiger partial charge in [-0.15, -0.1) is 0 Å². The summed E-state index contributed by atoms with van der Waals surface area (Å²) in [5.41, 5.74) is 1.19. The van der Waals surface area contributed by atoms with Crippen LogP contribution in [-0.2, 0) is 7.05 Å². The van der Waals surface area contributed by atoms with Gasteiger partial charge < -0.3 is 14.8 Å². The predicted octanol–water partition coefficient (Wildman–Crippen LogP) is 0.937. The Hall–Kier alpha value is -2.60. The quantitative estimate of drug-likeness (QED) is 0.880. The molecule has 1 N–H and O–H groups in total. The summed E-state index contributed by atoms with van der Waals surface area (Å²) in [5, 5.41) is 2.85. The molecule has 0 spiro atoms. The zero-order chi connectivity index (χ0) is 17.6. The van der Waals surface area contributed by atoms with E-state index in [1.807, 2.05) is 6.07 Å². The molecule has 1 aromatic heterocycles. The second kappa shape index (κ2) is 7.98. The van der Waals surface area contributed by atoms with Gasteiger partial charge in [0, 0.05) is 58.2 Å². The van der Waals surface area contributed by atoms with Crippen LogP contribution in [0.1, 0.15) is 10.4 Å². The number of hydrogen-bond acceptors (Lipinski definition) is 4. The molecule has 0 atom stereocenters. The lowest BCUT2D eigenvalue weighted by molar-refractivity contribution is 0.0945. The summed E-state index contributed by atoms with van der Waals surface area (Å²) >= 11 is 0.